The highest BCUT2D eigenvalue weighted by Crippen LogP contribution is 2.21. The Hall–Kier alpha value is -0.980. The summed E-state index contributed by atoms with van der Waals surface area (Å²) in [7, 11) is 0. The summed E-state index contributed by atoms with van der Waals surface area (Å²) in [5, 5.41) is 7.43. The maximum absolute atomic E-state index is 5.74. The molecule has 2 aliphatic rings. The number of nitrogens with zero attached hydrogens (tertiary/aromatic N) is 2. The van der Waals surface area contributed by atoms with Crippen molar-refractivity contribution in [2.24, 2.45) is 5.92 Å². The van der Waals surface area contributed by atoms with Crippen LogP contribution in [0, 0.1) is 5.92 Å². The zero-order valence-corrected chi connectivity index (χ0v) is 12.6. The Balaban J connectivity index is 1.36. The molecule has 21 heavy (non-hydrogen) atoms. The van der Waals surface area contributed by atoms with Crippen LogP contribution in [-0.2, 0) is 15.9 Å². The van der Waals surface area contributed by atoms with E-state index in [0.717, 1.165) is 70.3 Å². The average molecular weight is 295 g/mol. The van der Waals surface area contributed by atoms with Crippen molar-refractivity contribution in [3.8, 4) is 0 Å². The second-order valence-corrected chi connectivity index (χ2v) is 5.97. The van der Waals surface area contributed by atoms with Crippen LogP contribution >= 0.6 is 0 Å². The monoisotopic (exact) mass is 295 g/mol. The van der Waals surface area contributed by atoms with Gasteiger partial charge in [-0.25, -0.2) is 0 Å². The zero-order chi connectivity index (χ0) is 14.3. The van der Waals surface area contributed by atoms with E-state index in [1.165, 1.54) is 6.42 Å². The molecule has 0 bridgehead atoms. The van der Waals surface area contributed by atoms with Crippen molar-refractivity contribution in [1.82, 2.24) is 15.5 Å². The van der Waals surface area contributed by atoms with Gasteiger partial charge in [0.05, 0.1) is 12.5 Å². The molecule has 2 fully saturated rings. The minimum Gasteiger partial charge on any atom is -0.381 e. The number of aromatic nitrogens is 2. The van der Waals surface area contributed by atoms with Gasteiger partial charge in [0.1, 0.15) is 0 Å². The van der Waals surface area contributed by atoms with Gasteiger partial charge in [-0.05, 0) is 38.1 Å². The van der Waals surface area contributed by atoms with Gasteiger partial charge in [-0.2, -0.15) is 4.98 Å². The maximum atomic E-state index is 5.74. The summed E-state index contributed by atoms with van der Waals surface area (Å²) < 4.78 is 16.5. The lowest BCUT2D eigenvalue weighted by Crippen LogP contribution is -2.28. The van der Waals surface area contributed by atoms with E-state index in [2.05, 4.69) is 15.5 Å². The predicted molar refractivity (Wildman–Crippen MR) is 77.2 cm³/mol. The fourth-order valence-corrected chi connectivity index (χ4v) is 2.92. The first-order valence-corrected chi connectivity index (χ1v) is 8.10. The molecule has 2 aliphatic heterocycles. The molecule has 1 N–H and O–H groups in total. The highest BCUT2D eigenvalue weighted by Gasteiger charge is 2.21. The van der Waals surface area contributed by atoms with E-state index >= 15 is 0 Å². The number of ether oxygens (including phenoxy) is 2. The molecule has 6 heteroatoms. The van der Waals surface area contributed by atoms with Gasteiger partial charge in [0.2, 0.25) is 5.89 Å². The molecular weight excluding hydrogens is 270 g/mol. The van der Waals surface area contributed by atoms with Gasteiger partial charge in [-0.15, -0.1) is 0 Å². The van der Waals surface area contributed by atoms with E-state index < -0.39 is 0 Å². The smallest absolute Gasteiger partial charge is 0.231 e. The Kier molecular flexibility index (Phi) is 5.60. The first kappa shape index (κ1) is 14.9. The number of hydrogen-bond donors (Lipinski definition) is 1. The van der Waals surface area contributed by atoms with Crippen molar-refractivity contribution in [2.75, 3.05) is 39.5 Å². The second-order valence-electron chi connectivity index (χ2n) is 5.97. The van der Waals surface area contributed by atoms with Crippen molar-refractivity contribution in [2.45, 2.75) is 38.0 Å². The van der Waals surface area contributed by atoms with E-state index in [1.807, 2.05) is 0 Å². The molecule has 0 amide bonds. The summed E-state index contributed by atoms with van der Waals surface area (Å²) in [5.74, 6) is 2.57. The molecule has 0 aromatic carbocycles. The molecule has 1 aromatic heterocycles. The van der Waals surface area contributed by atoms with Crippen LogP contribution in [0.25, 0.3) is 0 Å². The fraction of sp³-hybridized carbons (Fsp3) is 0.867. The molecular formula is C15H25N3O3. The second kappa shape index (κ2) is 7.87. The summed E-state index contributed by atoms with van der Waals surface area (Å²) >= 11 is 0. The molecule has 0 radical (unpaired) electrons. The van der Waals surface area contributed by atoms with Gasteiger partial charge in [-0.3, -0.25) is 0 Å². The summed E-state index contributed by atoms with van der Waals surface area (Å²) in [4.78, 5) is 4.50. The van der Waals surface area contributed by atoms with Crippen molar-refractivity contribution in [1.29, 1.82) is 0 Å². The SMILES string of the molecule is C1CNC[C@H](c2nc(CCOCC3CCOCC3)no2)C1. The lowest BCUT2D eigenvalue weighted by molar-refractivity contribution is 0.0211. The van der Waals surface area contributed by atoms with Crippen LogP contribution < -0.4 is 5.32 Å². The first-order chi connectivity index (χ1) is 10.4. The molecule has 0 aliphatic carbocycles. The van der Waals surface area contributed by atoms with E-state index in [1.54, 1.807) is 0 Å². The minimum atomic E-state index is 0.378. The van der Waals surface area contributed by atoms with E-state index in [4.69, 9.17) is 14.0 Å². The van der Waals surface area contributed by atoms with Crippen molar-refractivity contribution >= 4 is 0 Å². The minimum absolute atomic E-state index is 0.378. The van der Waals surface area contributed by atoms with Crippen LogP contribution in [0.3, 0.4) is 0 Å². The van der Waals surface area contributed by atoms with Gasteiger partial charge in [0.25, 0.3) is 0 Å². The van der Waals surface area contributed by atoms with E-state index in [-0.39, 0.29) is 0 Å². The predicted octanol–water partition coefficient (Wildman–Crippen LogP) is 1.52. The molecule has 0 saturated carbocycles. The number of nitrogens with one attached hydrogen (secondary N) is 1. The van der Waals surface area contributed by atoms with E-state index in [0.29, 0.717) is 18.4 Å². The topological polar surface area (TPSA) is 69.4 Å². The Morgan fingerprint density at radius 2 is 2.14 bits per heavy atom. The van der Waals surface area contributed by atoms with Crippen LogP contribution in [0.1, 0.15) is 43.3 Å². The molecule has 118 valence electrons. The molecule has 6 nitrogen and oxygen atoms in total. The highest BCUT2D eigenvalue weighted by molar-refractivity contribution is 4.96. The standard InChI is InChI=1S/C15H25N3O3/c1-2-13(10-16-6-1)15-17-14(18-21-15)5-9-20-11-12-3-7-19-8-4-12/h12-13,16H,1-11H2/t13-/m1/s1. The molecule has 0 spiro atoms. The summed E-state index contributed by atoms with van der Waals surface area (Å²) in [6.07, 6.45) is 5.26. The van der Waals surface area contributed by atoms with Crippen LogP contribution in [0.2, 0.25) is 0 Å². The van der Waals surface area contributed by atoms with Gasteiger partial charge < -0.3 is 19.3 Å². The molecule has 1 atom stereocenters. The lowest BCUT2D eigenvalue weighted by atomic mass is 10.00. The van der Waals surface area contributed by atoms with Crippen LogP contribution in [-0.4, -0.2) is 49.7 Å². The number of piperidine rings is 1. The van der Waals surface area contributed by atoms with Crippen molar-refractivity contribution in [3.05, 3.63) is 11.7 Å². The Bertz CT molecular complexity index is 412. The fourth-order valence-electron chi connectivity index (χ4n) is 2.92. The number of rotatable bonds is 6. The van der Waals surface area contributed by atoms with Crippen molar-refractivity contribution in [3.63, 3.8) is 0 Å². The van der Waals surface area contributed by atoms with Crippen molar-refractivity contribution < 1.29 is 14.0 Å². The van der Waals surface area contributed by atoms with E-state index in [9.17, 15) is 0 Å². The van der Waals surface area contributed by atoms with Crippen LogP contribution in [0.15, 0.2) is 4.52 Å². The molecule has 0 unspecified atom stereocenters. The maximum Gasteiger partial charge on any atom is 0.231 e. The third-order valence-corrected chi connectivity index (χ3v) is 4.29. The summed E-state index contributed by atoms with van der Waals surface area (Å²) in [6.45, 7) is 5.27. The van der Waals surface area contributed by atoms with Crippen LogP contribution in [0.5, 0.6) is 0 Å². The Labute approximate surface area is 125 Å². The quantitative estimate of drug-likeness (QED) is 0.803. The average Bonchev–Trinajstić information content (AvgIpc) is 3.02. The van der Waals surface area contributed by atoms with Gasteiger partial charge >= 0.3 is 0 Å². The molecule has 1 aromatic rings. The molecule has 2 saturated heterocycles. The zero-order valence-electron chi connectivity index (χ0n) is 12.6. The highest BCUT2D eigenvalue weighted by atomic mass is 16.5. The van der Waals surface area contributed by atoms with Gasteiger partial charge in [-0.1, -0.05) is 5.16 Å². The molecule has 3 heterocycles. The van der Waals surface area contributed by atoms with Crippen LogP contribution in [0.4, 0.5) is 0 Å². The summed E-state index contributed by atoms with van der Waals surface area (Å²) in [6, 6.07) is 0. The largest absolute Gasteiger partial charge is 0.381 e. The lowest BCUT2D eigenvalue weighted by Gasteiger charge is -2.21. The normalized spacial score (nSPS) is 24.3. The first-order valence-electron chi connectivity index (χ1n) is 8.10. The van der Waals surface area contributed by atoms with Gasteiger partial charge in [0, 0.05) is 32.8 Å². The third-order valence-electron chi connectivity index (χ3n) is 4.29. The number of hydrogen-bond acceptors (Lipinski definition) is 6. The molecule has 3 rings (SSSR count). The van der Waals surface area contributed by atoms with Gasteiger partial charge in [0.15, 0.2) is 5.82 Å². The third kappa shape index (κ3) is 4.49. The summed E-state index contributed by atoms with van der Waals surface area (Å²) in [5.41, 5.74) is 0. The Morgan fingerprint density at radius 3 is 2.95 bits per heavy atom. The Morgan fingerprint density at radius 1 is 1.24 bits per heavy atom.